The zero-order chi connectivity index (χ0) is 22.1. The first-order valence-electron chi connectivity index (χ1n) is 9.09. The van der Waals surface area contributed by atoms with Crippen LogP contribution in [0.15, 0.2) is 47.4 Å². The van der Waals surface area contributed by atoms with Gasteiger partial charge in [0.1, 0.15) is 5.02 Å². The van der Waals surface area contributed by atoms with E-state index >= 15 is 0 Å². The molecule has 2 atom stereocenters. The summed E-state index contributed by atoms with van der Waals surface area (Å²) in [7, 11) is -4.20. The molecule has 0 bridgehead atoms. The van der Waals surface area contributed by atoms with Gasteiger partial charge < -0.3 is 9.64 Å². The molecule has 3 rings (SSSR count). The zero-order valence-electron chi connectivity index (χ0n) is 16.2. The van der Waals surface area contributed by atoms with Crippen LogP contribution >= 0.6 is 11.6 Å². The van der Waals surface area contributed by atoms with E-state index in [9.17, 15) is 23.3 Å². The smallest absolute Gasteiger partial charge is 0.289 e. The number of amides is 1. The van der Waals surface area contributed by atoms with E-state index in [0.717, 1.165) is 18.2 Å². The van der Waals surface area contributed by atoms with E-state index in [2.05, 4.69) is 4.72 Å². The van der Waals surface area contributed by atoms with Gasteiger partial charge in [-0.25, -0.2) is 8.42 Å². The predicted molar refractivity (Wildman–Crippen MR) is 111 cm³/mol. The lowest BCUT2D eigenvalue weighted by molar-refractivity contribution is -0.384. The van der Waals surface area contributed by atoms with Gasteiger partial charge in [-0.2, -0.15) is 0 Å². The van der Waals surface area contributed by atoms with Crippen molar-refractivity contribution in [2.45, 2.75) is 31.0 Å². The van der Waals surface area contributed by atoms with Crippen molar-refractivity contribution in [3.8, 4) is 0 Å². The molecule has 0 spiro atoms. The number of nitro benzene ring substituents is 1. The average molecular weight is 454 g/mol. The number of ether oxygens (including phenoxy) is 1. The van der Waals surface area contributed by atoms with Crippen molar-refractivity contribution in [3.63, 3.8) is 0 Å². The van der Waals surface area contributed by atoms with Gasteiger partial charge >= 0.3 is 0 Å². The Hall–Kier alpha value is -2.69. The molecule has 11 heteroatoms. The van der Waals surface area contributed by atoms with E-state index in [0.29, 0.717) is 13.1 Å². The van der Waals surface area contributed by atoms with Crippen molar-refractivity contribution in [1.82, 2.24) is 4.90 Å². The first-order chi connectivity index (χ1) is 14.1. The topological polar surface area (TPSA) is 119 Å². The van der Waals surface area contributed by atoms with Gasteiger partial charge in [-0.15, -0.1) is 0 Å². The molecule has 160 valence electrons. The zero-order valence-corrected chi connectivity index (χ0v) is 17.8. The van der Waals surface area contributed by atoms with E-state index < -0.39 is 20.6 Å². The maximum Gasteiger partial charge on any atom is 0.289 e. The van der Waals surface area contributed by atoms with E-state index in [1.54, 1.807) is 17.0 Å². The maximum absolute atomic E-state index is 13.1. The van der Waals surface area contributed by atoms with Crippen molar-refractivity contribution in [2.24, 2.45) is 0 Å². The third-order valence-electron chi connectivity index (χ3n) is 4.53. The second-order valence-electron chi connectivity index (χ2n) is 6.99. The summed E-state index contributed by atoms with van der Waals surface area (Å²) in [5.41, 5.74) is -0.280. The second-order valence-corrected chi connectivity index (χ2v) is 9.08. The third kappa shape index (κ3) is 4.72. The summed E-state index contributed by atoms with van der Waals surface area (Å²) in [6.07, 6.45) is -0.285. The molecule has 1 aliphatic heterocycles. The Kier molecular flexibility index (Phi) is 6.30. The monoisotopic (exact) mass is 453 g/mol. The Balaban J connectivity index is 1.92. The molecule has 1 saturated heterocycles. The number of nitro groups is 1. The number of sulfonamides is 1. The summed E-state index contributed by atoms with van der Waals surface area (Å²) in [4.78, 5) is 24.6. The highest BCUT2D eigenvalue weighted by molar-refractivity contribution is 7.92. The normalized spacial score (nSPS) is 19.4. The number of halogens is 1. The average Bonchev–Trinajstić information content (AvgIpc) is 2.66. The van der Waals surface area contributed by atoms with Crippen molar-refractivity contribution in [3.05, 3.63) is 63.2 Å². The highest BCUT2D eigenvalue weighted by atomic mass is 35.5. The van der Waals surface area contributed by atoms with Gasteiger partial charge in [-0.1, -0.05) is 23.7 Å². The fraction of sp³-hybridized carbons (Fsp3) is 0.316. The molecule has 1 fully saturated rings. The van der Waals surface area contributed by atoms with Crippen molar-refractivity contribution in [2.75, 3.05) is 17.8 Å². The first kappa shape index (κ1) is 22.0. The van der Waals surface area contributed by atoms with Crippen LogP contribution in [-0.2, 0) is 14.8 Å². The number of benzene rings is 2. The van der Waals surface area contributed by atoms with E-state index in [1.807, 2.05) is 13.8 Å². The molecule has 0 aromatic heterocycles. The van der Waals surface area contributed by atoms with Crippen LogP contribution in [-0.4, -0.2) is 49.4 Å². The quantitative estimate of drug-likeness (QED) is 0.548. The lowest BCUT2D eigenvalue weighted by atomic mass is 10.1. The minimum atomic E-state index is -4.20. The number of hydrogen-bond acceptors (Lipinski definition) is 6. The molecular formula is C19H20ClN3O6S. The second kappa shape index (κ2) is 8.58. The van der Waals surface area contributed by atoms with Gasteiger partial charge in [0.25, 0.3) is 21.6 Å². The molecule has 0 aliphatic carbocycles. The largest absolute Gasteiger partial charge is 0.372 e. The van der Waals surface area contributed by atoms with Crippen LogP contribution in [0.2, 0.25) is 5.02 Å². The lowest BCUT2D eigenvalue weighted by Crippen LogP contribution is -2.48. The van der Waals surface area contributed by atoms with Crippen LogP contribution < -0.4 is 4.72 Å². The fourth-order valence-corrected chi connectivity index (χ4v) is 4.56. The number of rotatable bonds is 5. The third-order valence-corrected chi connectivity index (χ3v) is 6.22. The first-order valence-corrected chi connectivity index (χ1v) is 10.9. The van der Waals surface area contributed by atoms with E-state index in [-0.39, 0.29) is 39.3 Å². The Bertz CT molecular complexity index is 1080. The molecule has 2 aromatic rings. The van der Waals surface area contributed by atoms with E-state index in [1.165, 1.54) is 12.1 Å². The molecule has 1 aliphatic rings. The Labute approximate surface area is 178 Å². The van der Waals surface area contributed by atoms with Gasteiger partial charge in [0, 0.05) is 19.2 Å². The van der Waals surface area contributed by atoms with Crippen LogP contribution in [0.3, 0.4) is 0 Å². The number of anilines is 1. The van der Waals surface area contributed by atoms with E-state index in [4.69, 9.17) is 16.3 Å². The SMILES string of the molecule is CC1CN(C(=O)c2ccccc2NS(=O)(=O)c2ccc(Cl)c([N+](=O)[O-])c2)CC(C)O1. The number of nitrogens with zero attached hydrogens (tertiary/aromatic N) is 2. The molecule has 1 amide bonds. The van der Waals surface area contributed by atoms with Crippen LogP contribution in [0.25, 0.3) is 0 Å². The number of para-hydroxylation sites is 1. The summed E-state index contributed by atoms with van der Waals surface area (Å²) < 4.78 is 33.6. The number of carbonyl (C=O) groups excluding carboxylic acids is 1. The van der Waals surface area contributed by atoms with Gasteiger partial charge in [0.05, 0.1) is 33.3 Å². The lowest BCUT2D eigenvalue weighted by Gasteiger charge is -2.35. The Morgan fingerprint density at radius 2 is 1.83 bits per heavy atom. The number of nitrogens with one attached hydrogen (secondary N) is 1. The molecule has 0 radical (unpaired) electrons. The summed E-state index contributed by atoms with van der Waals surface area (Å²) in [6.45, 7) is 4.48. The van der Waals surface area contributed by atoms with Crippen LogP contribution in [0.4, 0.5) is 11.4 Å². The van der Waals surface area contributed by atoms with Crippen LogP contribution in [0, 0.1) is 10.1 Å². The molecule has 1 N–H and O–H groups in total. The summed E-state index contributed by atoms with van der Waals surface area (Å²) in [5.74, 6) is -0.336. The summed E-state index contributed by atoms with van der Waals surface area (Å²) in [5, 5.41) is 10.9. The van der Waals surface area contributed by atoms with Gasteiger partial charge in [0.2, 0.25) is 0 Å². The van der Waals surface area contributed by atoms with Gasteiger partial charge in [-0.05, 0) is 38.1 Å². The molecule has 9 nitrogen and oxygen atoms in total. The fourth-order valence-electron chi connectivity index (χ4n) is 3.28. The molecule has 2 unspecified atom stereocenters. The molecule has 1 heterocycles. The summed E-state index contributed by atoms with van der Waals surface area (Å²) >= 11 is 5.76. The maximum atomic E-state index is 13.1. The van der Waals surface area contributed by atoms with Crippen molar-refractivity contribution < 1.29 is 22.9 Å². The predicted octanol–water partition coefficient (Wildman–Crippen LogP) is 3.30. The molecule has 0 saturated carbocycles. The van der Waals surface area contributed by atoms with Crippen molar-refractivity contribution >= 4 is 38.9 Å². The molecule has 30 heavy (non-hydrogen) atoms. The standard InChI is InChI=1S/C19H20ClN3O6S/c1-12-10-22(11-13(2)29-12)19(24)15-5-3-4-6-17(15)21-30(27,28)14-7-8-16(20)18(9-14)23(25)26/h3-9,12-13,21H,10-11H2,1-2H3. The number of morpholine rings is 1. The van der Waals surface area contributed by atoms with Crippen LogP contribution in [0.5, 0.6) is 0 Å². The highest BCUT2D eigenvalue weighted by Gasteiger charge is 2.29. The van der Waals surface area contributed by atoms with Gasteiger partial charge in [-0.3, -0.25) is 19.6 Å². The minimum Gasteiger partial charge on any atom is -0.372 e. The molecule has 2 aromatic carbocycles. The minimum absolute atomic E-state index is 0.0758. The number of carbonyl (C=O) groups is 1. The number of hydrogen-bond donors (Lipinski definition) is 1. The Morgan fingerprint density at radius 1 is 1.20 bits per heavy atom. The Morgan fingerprint density at radius 3 is 2.47 bits per heavy atom. The van der Waals surface area contributed by atoms with Crippen molar-refractivity contribution in [1.29, 1.82) is 0 Å². The van der Waals surface area contributed by atoms with Crippen LogP contribution in [0.1, 0.15) is 24.2 Å². The molecular weight excluding hydrogens is 434 g/mol. The summed E-state index contributed by atoms with van der Waals surface area (Å²) in [6, 6.07) is 9.38. The highest BCUT2D eigenvalue weighted by Crippen LogP contribution is 2.29. The van der Waals surface area contributed by atoms with Gasteiger partial charge in [0.15, 0.2) is 0 Å².